The highest BCUT2D eigenvalue weighted by Gasteiger charge is 2.34. The molecular weight excluding hydrogens is 216 g/mol. The van der Waals surface area contributed by atoms with Crippen LogP contribution in [0.4, 0.5) is 0 Å². The Hall–Kier alpha value is -0.610. The molecule has 4 heteroatoms. The van der Waals surface area contributed by atoms with Crippen LogP contribution in [0.1, 0.15) is 46.5 Å². The van der Waals surface area contributed by atoms with Crippen molar-refractivity contribution >= 4 is 5.91 Å². The number of morpholine rings is 1. The maximum absolute atomic E-state index is 12.3. The first-order chi connectivity index (χ1) is 8.01. The van der Waals surface area contributed by atoms with Crippen LogP contribution in [0, 0.1) is 0 Å². The standard InChI is InChI=1S/C13H26N2O2/c1-4-6-11-10-15(8-9-17-11)12(16)13(3,14)7-5-2/h11H,4-10,14H2,1-3H3. The van der Waals surface area contributed by atoms with Gasteiger partial charge in [-0.3, -0.25) is 4.79 Å². The molecular formula is C13H26N2O2. The number of nitrogens with two attached hydrogens (primary N) is 1. The van der Waals surface area contributed by atoms with Gasteiger partial charge in [-0.1, -0.05) is 26.7 Å². The minimum Gasteiger partial charge on any atom is -0.375 e. The number of carbonyl (C=O) groups excluding carboxylic acids is 1. The lowest BCUT2D eigenvalue weighted by Crippen LogP contribution is -2.57. The zero-order chi connectivity index (χ0) is 12.9. The van der Waals surface area contributed by atoms with Crippen molar-refractivity contribution < 1.29 is 9.53 Å². The van der Waals surface area contributed by atoms with Crippen molar-refractivity contribution in [3.63, 3.8) is 0 Å². The molecule has 1 heterocycles. The topological polar surface area (TPSA) is 55.6 Å². The third-order valence-corrected chi connectivity index (χ3v) is 3.29. The Morgan fingerprint density at radius 3 is 2.76 bits per heavy atom. The number of amides is 1. The molecule has 1 saturated heterocycles. The SMILES string of the molecule is CCCC1CN(C(=O)C(C)(N)CCC)CCO1. The molecule has 0 aliphatic carbocycles. The fourth-order valence-corrected chi connectivity index (χ4v) is 2.39. The Kier molecular flexibility index (Phi) is 5.40. The van der Waals surface area contributed by atoms with E-state index in [0.29, 0.717) is 19.7 Å². The van der Waals surface area contributed by atoms with Gasteiger partial charge in [-0.05, 0) is 19.8 Å². The van der Waals surface area contributed by atoms with Crippen molar-refractivity contribution in [3.05, 3.63) is 0 Å². The molecule has 1 fully saturated rings. The van der Waals surface area contributed by atoms with Crippen LogP contribution in [0.2, 0.25) is 0 Å². The highest BCUT2D eigenvalue weighted by Crippen LogP contribution is 2.17. The molecule has 0 aromatic rings. The lowest BCUT2D eigenvalue weighted by molar-refractivity contribution is -0.144. The minimum absolute atomic E-state index is 0.0729. The summed E-state index contributed by atoms with van der Waals surface area (Å²) < 4.78 is 5.64. The van der Waals surface area contributed by atoms with Crippen molar-refractivity contribution in [2.75, 3.05) is 19.7 Å². The zero-order valence-electron chi connectivity index (χ0n) is 11.4. The van der Waals surface area contributed by atoms with Crippen molar-refractivity contribution in [1.82, 2.24) is 4.90 Å². The average Bonchev–Trinajstić information content (AvgIpc) is 2.29. The molecule has 0 spiro atoms. The number of hydrogen-bond donors (Lipinski definition) is 1. The number of nitrogens with zero attached hydrogens (tertiary/aromatic N) is 1. The molecule has 17 heavy (non-hydrogen) atoms. The molecule has 2 N–H and O–H groups in total. The van der Waals surface area contributed by atoms with Gasteiger partial charge in [-0.2, -0.15) is 0 Å². The molecule has 1 amide bonds. The first-order valence-electron chi connectivity index (χ1n) is 6.71. The molecule has 1 aliphatic rings. The molecule has 1 aliphatic heterocycles. The Balaban J connectivity index is 2.56. The number of hydrogen-bond acceptors (Lipinski definition) is 3. The summed E-state index contributed by atoms with van der Waals surface area (Å²) in [5, 5.41) is 0. The minimum atomic E-state index is -0.719. The summed E-state index contributed by atoms with van der Waals surface area (Å²) in [5.41, 5.74) is 5.37. The van der Waals surface area contributed by atoms with Crippen molar-refractivity contribution in [2.24, 2.45) is 5.73 Å². The molecule has 0 aromatic heterocycles. The van der Waals surface area contributed by atoms with Crippen molar-refractivity contribution in [2.45, 2.75) is 58.1 Å². The van der Waals surface area contributed by atoms with Gasteiger partial charge in [0, 0.05) is 13.1 Å². The summed E-state index contributed by atoms with van der Waals surface area (Å²) >= 11 is 0. The summed E-state index contributed by atoms with van der Waals surface area (Å²) in [5.74, 6) is 0.0729. The largest absolute Gasteiger partial charge is 0.375 e. The van der Waals surface area contributed by atoms with Crippen LogP contribution >= 0.6 is 0 Å². The summed E-state index contributed by atoms with van der Waals surface area (Å²) in [4.78, 5) is 14.2. The van der Waals surface area contributed by atoms with Crippen LogP contribution in [-0.4, -0.2) is 42.1 Å². The number of rotatable bonds is 5. The maximum atomic E-state index is 12.3. The Labute approximate surface area is 104 Å². The molecule has 0 bridgehead atoms. The van der Waals surface area contributed by atoms with E-state index in [1.54, 1.807) is 0 Å². The van der Waals surface area contributed by atoms with Gasteiger partial charge >= 0.3 is 0 Å². The summed E-state index contributed by atoms with van der Waals surface area (Å²) in [6, 6.07) is 0. The maximum Gasteiger partial charge on any atom is 0.242 e. The Bertz CT molecular complexity index is 252. The van der Waals surface area contributed by atoms with E-state index in [0.717, 1.165) is 25.7 Å². The number of ether oxygens (including phenoxy) is 1. The molecule has 0 aromatic carbocycles. The fourth-order valence-electron chi connectivity index (χ4n) is 2.39. The highest BCUT2D eigenvalue weighted by molar-refractivity contribution is 5.85. The number of carbonyl (C=O) groups is 1. The predicted molar refractivity (Wildman–Crippen MR) is 68.7 cm³/mol. The van der Waals surface area contributed by atoms with Crippen molar-refractivity contribution in [3.8, 4) is 0 Å². The first kappa shape index (κ1) is 14.5. The van der Waals surface area contributed by atoms with Crippen LogP contribution in [0.15, 0.2) is 0 Å². The lowest BCUT2D eigenvalue weighted by atomic mass is 9.95. The second-order valence-electron chi connectivity index (χ2n) is 5.20. The second-order valence-corrected chi connectivity index (χ2v) is 5.20. The van der Waals surface area contributed by atoms with E-state index in [1.807, 2.05) is 11.8 Å². The second kappa shape index (κ2) is 6.36. The van der Waals surface area contributed by atoms with Crippen LogP contribution in [0.5, 0.6) is 0 Å². The summed E-state index contributed by atoms with van der Waals surface area (Å²) in [7, 11) is 0. The quantitative estimate of drug-likeness (QED) is 0.795. The van der Waals surface area contributed by atoms with Gasteiger partial charge in [0.05, 0.1) is 18.2 Å². The third-order valence-electron chi connectivity index (χ3n) is 3.29. The monoisotopic (exact) mass is 242 g/mol. The lowest BCUT2D eigenvalue weighted by Gasteiger charge is -2.37. The van der Waals surface area contributed by atoms with E-state index in [1.165, 1.54) is 0 Å². The fraction of sp³-hybridized carbons (Fsp3) is 0.923. The highest BCUT2D eigenvalue weighted by atomic mass is 16.5. The third kappa shape index (κ3) is 3.96. The van der Waals surface area contributed by atoms with Gasteiger partial charge in [0.2, 0.25) is 5.91 Å². The summed E-state index contributed by atoms with van der Waals surface area (Å²) in [6.45, 7) is 8.03. The first-order valence-corrected chi connectivity index (χ1v) is 6.71. The van der Waals surface area contributed by atoms with Gasteiger partial charge < -0.3 is 15.4 Å². The van der Waals surface area contributed by atoms with Crippen LogP contribution in [0.3, 0.4) is 0 Å². The van der Waals surface area contributed by atoms with Gasteiger partial charge in [-0.15, -0.1) is 0 Å². The van der Waals surface area contributed by atoms with E-state index < -0.39 is 5.54 Å². The van der Waals surface area contributed by atoms with E-state index in [9.17, 15) is 4.79 Å². The van der Waals surface area contributed by atoms with Crippen LogP contribution < -0.4 is 5.73 Å². The smallest absolute Gasteiger partial charge is 0.242 e. The van der Waals surface area contributed by atoms with Gasteiger partial charge in [-0.25, -0.2) is 0 Å². The van der Waals surface area contributed by atoms with Gasteiger partial charge in [0.15, 0.2) is 0 Å². The molecule has 1 rings (SSSR count). The molecule has 0 radical (unpaired) electrons. The van der Waals surface area contributed by atoms with Crippen LogP contribution in [0.25, 0.3) is 0 Å². The van der Waals surface area contributed by atoms with Gasteiger partial charge in [0.1, 0.15) is 0 Å². The molecule has 4 nitrogen and oxygen atoms in total. The van der Waals surface area contributed by atoms with E-state index in [2.05, 4.69) is 13.8 Å². The van der Waals surface area contributed by atoms with E-state index in [4.69, 9.17) is 10.5 Å². The zero-order valence-corrected chi connectivity index (χ0v) is 11.4. The van der Waals surface area contributed by atoms with E-state index in [-0.39, 0.29) is 12.0 Å². The summed E-state index contributed by atoms with van der Waals surface area (Å²) in [6.07, 6.45) is 3.96. The van der Waals surface area contributed by atoms with E-state index >= 15 is 0 Å². The molecule has 2 atom stereocenters. The van der Waals surface area contributed by atoms with Gasteiger partial charge in [0.25, 0.3) is 0 Å². The Morgan fingerprint density at radius 1 is 1.47 bits per heavy atom. The van der Waals surface area contributed by atoms with Crippen LogP contribution in [-0.2, 0) is 9.53 Å². The van der Waals surface area contributed by atoms with Crippen molar-refractivity contribution in [1.29, 1.82) is 0 Å². The molecule has 100 valence electrons. The Morgan fingerprint density at radius 2 is 2.18 bits per heavy atom. The predicted octanol–water partition coefficient (Wildman–Crippen LogP) is 1.53. The molecule has 2 unspecified atom stereocenters. The average molecular weight is 242 g/mol. The molecule has 0 saturated carbocycles. The normalized spacial score (nSPS) is 24.5.